The van der Waals surface area contributed by atoms with Crippen molar-refractivity contribution >= 4 is 5.78 Å². The van der Waals surface area contributed by atoms with Crippen molar-refractivity contribution in [3.8, 4) is 0 Å². The molecule has 3 unspecified atom stereocenters. The van der Waals surface area contributed by atoms with E-state index in [1.807, 2.05) is 6.92 Å². The quantitative estimate of drug-likeness (QED) is 0.726. The van der Waals surface area contributed by atoms with Gasteiger partial charge in [-0.05, 0) is 19.4 Å². The Morgan fingerprint density at radius 3 is 3.06 bits per heavy atom. The van der Waals surface area contributed by atoms with Crippen LogP contribution >= 0.6 is 0 Å². The Labute approximate surface area is 109 Å². The van der Waals surface area contributed by atoms with Crippen LogP contribution in [0.4, 0.5) is 0 Å². The van der Waals surface area contributed by atoms with Crippen LogP contribution < -0.4 is 0 Å². The molecule has 3 rings (SSSR count). The number of carbonyl (C=O) groups is 1. The minimum absolute atomic E-state index is 0.210. The Kier molecular flexibility index (Phi) is 3.68. The third-order valence-corrected chi connectivity index (χ3v) is 4.68. The molecule has 0 bridgehead atoms. The Morgan fingerprint density at radius 1 is 1.33 bits per heavy atom. The highest BCUT2D eigenvalue weighted by atomic mass is 16.5. The van der Waals surface area contributed by atoms with Gasteiger partial charge >= 0.3 is 0 Å². The molecule has 0 aliphatic carbocycles. The number of fused-ring (bicyclic) bond motifs is 1. The molecule has 18 heavy (non-hydrogen) atoms. The second kappa shape index (κ2) is 5.27. The zero-order valence-electron chi connectivity index (χ0n) is 11.3. The van der Waals surface area contributed by atoms with Crippen LogP contribution in [0.3, 0.4) is 0 Å². The lowest BCUT2D eigenvalue weighted by Gasteiger charge is -2.39. The predicted molar refractivity (Wildman–Crippen MR) is 69.6 cm³/mol. The molecule has 0 saturated carbocycles. The van der Waals surface area contributed by atoms with E-state index in [4.69, 9.17) is 4.74 Å². The molecule has 4 heteroatoms. The summed E-state index contributed by atoms with van der Waals surface area (Å²) in [4.78, 5) is 16.5. The molecule has 0 radical (unpaired) electrons. The first-order valence-electron chi connectivity index (χ1n) is 7.33. The number of morpholine rings is 1. The fourth-order valence-electron chi connectivity index (χ4n) is 3.55. The van der Waals surface area contributed by atoms with E-state index in [9.17, 15) is 4.79 Å². The number of ether oxygens (including phenoxy) is 1. The maximum atomic E-state index is 11.5. The second-order valence-corrected chi connectivity index (χ2v) is 6.12. The monoisotopic (exact) mass is 252 g/mol. The van der Waals surface area contributed by atoms with E-state index < -0.39 is 0 Å². The van der Waals surface area contributed by atoms with Gasteiger partial charge in [0.1, 0.15) is 5.78 Å². The summed E-state index contributed by atoms with van der Waals surface area (Å²) in [6.45, 7) is 8.14. The standard InChI is InChI=1S/C14H24N2O2/c1-11-7-15(6-4-14(11)17)8-13-9-16-5-2-3-12(16)10-18-13/h11-13H,2-10H2,1H3. The van der Waals surface area contributed by atoms with Gasteiger partial charge in [-0.2, -0.15) is 0 Å². The van der Waals surface area contributed by atoms with E-state index in [1.165, 1.54) is 19.4 Å². The zero-order valence-corrected chi connectivity index (χ0v) is 11.3. The topological polar surface area (TPSA) is 32.8 Å². The van der Waals surface area contributed by atoms with Crippen molar-refractivity contribution in [3.05, 3.63) is 0 Å². The van der Waals surface area contributed by atoms with E-state index in [-0.39, 0.29) is 5.92 Å². The van der Waals surface area contributed by atoms with Crippen LogP contribution in [0.25, 0.3) is 0 Å². The molecule has 3 atom stereocenters. The molecule has 3 aliphatic heterocycles. The molecular formula is C14H24N2O2. The maximum Gasteiger partial charge on any atom is 0.138 e. The number of likely N-dealkylation sites (tertiary alicyclic amines) is 1. The van der Waals surface area contributed by atoms with Crippen molar-refractivity contribution in [1.82, 2.24) is 9.80 Å². The normalized spacial score (nSPS) is 38.9. The van der Waals surface area contributed by atoms with Crippen molar-refractivity contribution < 1.29 is 9.53 Å². The number of piperidine rings is 1. The van der Waals surface area contributed by atoms with Crippen LogP contribution in [0, 0.1) is 5.92 Å². The highest BCUT2D eigenvalue weighted by molar-refractivity contribution is 5.81. The van der Waals surface area contributed by atoms with Crippen molar-refractivity contribution in [2.24, 2.45) is 5.92 Å². The fourth-order valence-corrected chi connectivity index (χ4v) is 3.55. The largest absolute Gasteiger partial charge is 0.374 e. The maximum absolute atomic E-state index is 11.5. The van der Waals surface area contributed by atoms with Gasteiger partial charge in [0, 0.05) is 44.6 Å². The fraction of sp³-hybridized carbons (Fsp3) is 0.929. The zero-order chi connectivity index (χ0) is 12.5. The molecule has 0 N–H and O–H groups in total. The summed E-state index contributed by atoms with van der Waals surface area (Å²) >= 11 is 0. The molecule has 0 amide bonds. The van der Waals surface area contributed by atoms with E-state index in [1.54, 1.807) is 0 Å². The lowest BCUT2D eigenvalue weighted by atomic mass is 9.98. The molecule has 0 spiro atoms. The van der Waals surface area contributed by atoms with Crippen molar-refractivity contribution in [2.75, 3.05) is 39.3 Å². The molecule has 102 valence electrons. The molecule has 3 fully saturated rings. The number of rotatable bonds is 2. The number of Topliss-reactive ketones (excluding diaryl/α,β-unsaturated/α-hetero) is 1. The molecule has 3 aliphatic rings. The van der Waals surface area contributed by atoms with Crippen LogP contribution in [-0.4, -0.2) is 67.1 Å². The lowest BCUT2D eigenvalue weighted by Crippen LogP contribution is -2.52. The van der Waals surface area contributed by atoms with Crippen LogP contribution in [0.2, 0.25) is 0 Å². The summed E-state index contributed by atoms with van der Waals surface area (Å²) in [7, 11) is 0. The van der Waals surface area contributed by atoms with E-state index in [0.717, 1.165) is 39.2 Å². The Bertz CT molecular complexity index is 321. The summed E-state index contributed by atoms with van der Waals surface area (Å²) in [6, 6.07) is 0.683. The Morgan fingerprint density at radius 2 is 2.22 bits per heavy atom. The summed E-state index contributed by atoms with van der Waals surface area (Å²) in [5.74, 6) is 0.636. The van der Waals surface area contributed by atoms with E-state index in [0.29, 0.717) is 17.9 Å². The third-order valence-electron chi connectivity index (χ3n) is 4.68. The van der Waals surface area contributed by atoms with Gasteiger partial charge < -0.3 is 4.74 Å². The SMILES string of the molecule is CC1CN(CC2CN3CCCC3CO2)CCC1=O. The summed E-state index contributed by atoms with van der Waals surface area (Å²) in [5.41, 5.74) is 0. The van der Waals surface area contributed by atoms with E-state index in [2.05, 4.69) is 9.80 Å². The highest BCUT2D eigenvalue weighted by Gasteiger charge is 2.34. The lowest BCUT2D eigenvalue weighted by molar-refractivity contribution is -0.126. The number of hydrogen-bond donors (Lipinski definition) is 0. The predicted octanol–water partition coefficient (Wildman–Crippen LogP) is 0.760. The number of carbonyl (C=O) groups excluding carboxylic acids is 1. The van der Waals surface area contributed by atoms with Crippen molar-refractivity contribution in [3.63, 3.8) is 0 Å². The van der Waals surface area contributed by atoms with Gasteiger partial charge in [-0.15, -0.1) is 0 Å². The van der Waals surface area contributed by atoms with Crippen LogP contribution in [0.15, 0.2) is 0 Å². The molecular weight excluding hydrogens is 228 g/mol. The first-order valence-corrected chi connectivity index (χ1v) is 7.33. The van der Waals surface area contributed by atoms with Crippen molar-refractivity contribution in [2.45, 2.75) is 38.3 Å². The molecule has 3 saturated heterocycles. The van der Waals surface area contributed by atoms with Gasteiger partial charge in [0.2, 0.25) is 0 Å². The average Bonchev–Trinajstić information content (AvgIpc) is 2.81. The summed E-state index contributed by atoms with van der Waals surface area (Å²) in [5, 5.41) is 0. The smallest absolute Gasteiger partial charge is 0.138 e. The van der Waals surface area contributed by atoms with Crippen molar-refractivity contribution in [1.29, 1.82) is 0 Å². The minimum Gasteiger partial charge on any atom is -0.374 e. The second-order valence-electron chi connectivity index (χ2n) is 6.12. The third kappa shape index (κ3) is 2.60. The summed E-state index contributed by atoms with van der Waals surface area (Å²) in [6.07, 6.45) is 3.71. The van der Waals surface area contributed by atoms with Gasteiger partial charge in [-0.3, -0.25) is 14.6 Å². The van der Waals surface area contributed by atoms with Crippen LogP contribution in [-0.2, 0) is 9.53 Å². The molecule has 0 aromatic carbocycles. The van der Waals surface area contributed by atoms with Gasteiger partial charge in [0.15, 0.2) is 0 Å². The Balaban J connectivity index is 1.49. The van der Waals surface area contributed by atoms with Crippen LogP contribution in [0.1, 0.15) is 26.2 Å². The first-order chi connectivity index (χ1) is 8.72. The van der Waals surface area contributed by atoms with Gasteiger partial charge in [-0.25, -0.2) is 0 Å². The average molecular weight is 252 g/mol. The van der Waals surface area contributed by atoms with Gasteiger partial charge in [-0.1, -0.05) is 6.92 Å². The molecule has 0 aromatic heterocycles. The molecule has 4 nitrogen and oxygen atoms in total. The molecule has 0 aromatic rings. The van der Waals surface area contributed by atoms with Gasteiger partial charge in [0.05, 0.1) is 12.7 Å². The minimum atomic E-state index is 0.210. The number of nitrogens with zero attached hydrogens (tertiary/aromatic N) is 2. The van der Waals surface area contributed by atoms with Gasteiger partial charge in [0.25, 0.3) is 0 Å². The van der Waals surface area contributed by atoms with E-state index >= 15 is 0 Å². The number of hydrogen-bond acceptors (Lipinski definition) is 4. The first kappa shape index (κ1) is 12.6. The van der Waals surface area contributed by atoms with Crippen LogP contribution in [0.5, 0.6) is 0 Å². The highest BCUT2D eigenvalue weighted by Crippen LogP contribution is 2.23. The Hall–Kier alpha value is -0.450. The summed E-state index contributed by atoms with van der Waals surface area (Å²) < 4.78 is 5.99. The number of ketones is 1. The molecule has 3 heterocycles.